The smallest absolute Gasteiger partial charge is 0.223 e. The summed E-state index contributed by atoms with van der Waals surface area (Å²) in [6.45, 7) is 4.94. The second-order valence-electron chi connectivity index (χ2n) is 8.31. The number of hydrogen-bond donors (Lipinski definition) is 1. The molecule has 0 radical (unpaired) electrons. The van der Waals surface area contributed by atoms with Crippen LogP contribution in [0.25, 0.3) is 0 Å². The summed E-state index contributed by atoms with van der Waals surface area (Å²) in [6.07, 6.45) is 1.04. The fraction of sp³-hybridized carbons (Fsp3) is 0.458. The molecule has 0 bridgehead atoms. The largest absolute Gasteiger partial charge is 0.497 e. The van der Waals surface area contributed by atoms with E-state index in [0.717, 1.165) is 16.9 Å². The Bertz CT molecular complexity index is 982. The SMILES string of the molecule is COc1ccc(OC[C@@H](C)NC(=O)C2CCN(S(=O)(=O)Cc3ccc(C)cc3)CC2)cc1. The number of aryl methyl sites for hydroxylation is 1. The van der Waals surface area contributed by atoms with Crippen LogP contribution >= 0.6 is 0 Å². The predicted molar refractivity (Wildman–Crippen MR) is 124 cm³/mol. The minimum absolute atomic E-state index is 0.0100. The minimum atomic E-state index is -3.39. The number of carbonyl (C=O) groups is 1. The Labute approximate surface area is 190 Å². The second-order valence-corrected chi connectivity index (χ2v) is 10.3. The van der Waals surface area contributed by atoms with Crippen LogP contribution in [0, 0.1) is 12.8 Å². The van der Waals surface area contributed by atoms with Crippen molar-refractivity contribution in [3.05, 3.63) is 59.7 Å². The monoisotopic (exact) mass is 460 g/mol. The Kier molecular flexibility index (Phi) is 8.15. The topological polar surface area (TPSA) is 84.9 Å². The molecule has 0 spiro atoms. The van der Waals surface area contributed by atoms with Gasteiger partial charge in [0.2, 0.25) is 15.9 Å². The summed E-state index contributed by atoms with van der Waals surface area (Å²) in [5.74, 6) is 1.21. The van der Waals surface area contributed by atoms with Crippen molar-refractivity contribution in [3.8, 4) is 11.5 Å². The number of sulfonamides is 1. The Hall–Kier alpha value is -2.58. The van der Waals surface area contributed by atoms with Gasteiger partial charge in [0.25, 0.3) is 0 Å². The first kappa shape index (κ1) is 24.1. The lowest BCUT2D eigenvalue weighted by Crippen LogP contribution is -2.46. The summed E-state index contributed by atoms with van der Waals surface area (Å²) in [5, 5.41) is 2.98. The average molecular weight is 461 g/mol. The van der Waals surface area contributed by atoms with Crippen molar-refractivity contribution in [2.75, 3.05) is 26.8 Å². The van der Waals surface area contributed by atoms with Crippen LogP contribution in [0.1, 0.15) is 30.9 Å². The Morgan fingerprint density at radius 2 is 1.66 bits per heavy atom. The molecule has 1 saturated heterocycles. The molecular formula is C24H32N2O5S. The fourth-order valence-electron chi connectivity index (χ4n) is 3.68. The van der Waals surface area contributed by atoms with Crippen LogP contribution in [-0.4, -0.2) is 51.5 Å². The molecule has 1 amide bonds. The number of ether oxygens (including phenoxy) is 2. The molecule has 1 aliphatic rings. The molecule has 174 valence electrons. The number of methoxy groups -OCH3 is 1. The maximum Gasteiger partial charge on any atom is 0.223 e. The number of carbonyl (C=O) groups excluding carboxylic acids is 1. The molecule has 1 heterocycles. The van der Waals surface area contributed by atoms with E-state index in [1.165, 1.54) is 4.31 Å². The standard InChI is InChI=1S/C24H32N2O5S/c1-18-4-6-20(7-5-18)17-32(28,29)26-14-12-21(13-15-26)24(27)25-19(2)16-31-23-10-8-22(30-3)9-11-23/h4-11,19,21H,12-17H2,1-3H3,(H,25,27)/t19-/m1/s1. The number of benzene rings is 2. The molecule has 2 aromatic rings. The number of piperidine rings is 1. The van der Waals surface area contributed by atoms with Crippen molar-refractivity contribution < 1.29 is 22.7 Å². The third kappa shape index (κ3) is 6.71. The van der Waals surface area contributed by atoms with Gasteiger partial charge in [0.1, 0.15) is 18.1 Å². The first-order valence-corrected chi connectivity index (χ1v) is 12.5. The van der Waals surface area contributed by atoms with Crippen LogP contribution in [0.4, 0.5) is 0 Å². The molecule has 3 rings (SSSR count). The van der Waals surface area contributed by atoms with E-state index < -0.39 is 10.0 Å². The molecule has 1 aliphatic heterocycles. The number of hydrogen-bond acceptors (Lipinski definition) is 5. The van der Waals surface area contributed by atoms with E-state index in [2.05, 4.69) is 5.32 Å². The quantitative estimate of drug-likeness (QED) is 0.622. The van der Waals surface area contributed by atoms with Crippen molar-refractivity contribution in [1.82, 2.24) is 9.62 Å². The fourth-order valence-corrected chi connectivity index (χ4v) is 5.24. The van der Waals surface area contributed by atoms with Crippen LogP contribution < -0.4 is 14.8 Å². The summed E-state index contributed by atoms with van der Waals surface area (Å²) < 4.78 is 37.9. The van der Waals surface area contributed by atoms with Gasteiger partial charge in [-0.1, -0.05) is 29.8 Å². The molecule has 8 heteroatoms. The third-order valence-corrected chi connectivity index (χ3v) is 7.49. The van der Waals surface area contributed by atoms with Gasteiger partial charge in [0, 0.05) is 19.0 Å². The average Bonchev–Trinajstić information content (AvgIpc) is 2.79. The van der Waals surface area contributed by atoms with Gasteiger partial charge in [-0.25, -0.2) is 12.7 Å². The number of rotatable bonds is 9. The summed E-state index contributed by atoms with van der Waals surface area (Å²) in [6, 6.07) is 14.7. The summed E-state index contributed by atoms with van der Waals surface area (Å²) in [4.78, 5) is 12.6. The van der Waals surface area contributed by atoms with Gasteiger partial charge in [-0.05, 0) is 56.5 Å². The molecule has 0 unspecified atom stereocenters. The molecular weight excluding hydrogens is 428 g/mol. The molecule has 7 nitrogen and oxygen atoms in total. The zero-order valence-corrected chi connectivity index (χ0v) is 19.7. The molecule has 0 saturated carbocycles. The predicted octanol–water partition coefficient (Wildman–Crippen LogP) is 3.13. The summed E-state index contributed by atoms with van der Waals surface area (Å²) in [7, 11) is -1.78. The van der Waals surface area contributed by atoms with E-state index in [1.807, 2.05) is 62.4 Å². The van der Waals surface area contributed by atoms with E-state index >= 15 is 0 Å². The van der Waals surface area contributed by atoms with E-state index in [-0.39, 0.29) is 23.6 Å². The molecule has 0 aliphatic carbocycles. The van der Waals surface area contributed by atoms with Crippen molar-refractivity contribution in [2.24, 2.45) is 5.92 Å². The van der Waals surface area contributed by atoms with Gasteiger partial charge >= 0.3 is 0 Å². The Balaban J connectivity index is 1.43. The van der Waals surface area contributed by atoms with Gasteiger partial charge in [-0.3, -0.25) is 4.79 Å². The Morgan fingerprint density at radius 3 is 2.25 bits per heavy atom. The molecule has 1 fully saturated rings. The highest BCUT2D eigenvalue weighted by Crippen LogP contribution is 2.22. The molecule has 1 N–H and O–H groups in total. The normalized spacial score (nSPS) is 16.3. The minimum Gasteiger partial charge on any atom is -0.497 e. The van der Waals surface area contributed by atoms with E-state index in [4.69, 9.17) is 9.47 Å². The van der Waals surface area contributed by atoms with Crippen molar-refractivity contribution in [3.63, 3.8) is 0 Å². The number of amides is 1. The second kappa shape index (κ2) is 10.8. The van der Waals surface area contributed by atoms with Crippen molar-refractivity contribution in [2.45, 2.75) is 38.5 Å². The van der Waals surface area contributed by atoms with Gasteiger partial charge in [0.05, 0.1) is 18.9 Å². The van der Waals surface area contributed by atoms with E-state index in [0.29, 0.717) is 38.3 Å². The van der Waals surface area contributed by atoms with Gasteiger partial charge in [-0.2, -0.15) is 0 Å². The van der Waals surface area contributed by atoms with E-state index in [9.17, 15) is 13.2 Å². The molecule has 2 aromatic carbocycles. The molecule has 1 atom stereocenters. The van der Waals surface area contributed by atoms with Crippen LogP contribution in [0.15, 0.2) is 48.5 Å². The maximum absolute atomic E-state index is 12.8. The zero-order valence-electron chi connectivity index (χ0n) is 18.9. The van der Waals surface area contributed by atoms with Crippen LogP contribution in [0.2, 0.25) is 0 Å². The van der Waals surface area contributed by atoms with Crippen molar-refractivity contribution >= 4 is 15.9 Å². The van der Waals surface area contributed by atoms with Crippen molar-refractivity contribution in [1.29, 1.82) is 0 Å². The molecule has 0 aromatic heterocycles. The highest BCUT2D eigenvalue weighted by molar-refractivity contribution is 7.88. The van der Waals surface area contributed by atoms with E-state index in [1.54, 1.807) is 7.11 Å². The molecule has 32 heavy (non-hydrogen) atoms. The Morgan fingerprint density at radius 1 is 1.06 bits per heavy atom. The summed E-state index contributed by atoms with van der Waals surface area (Å²) in [5.41, 5.74) is 1.88. The van der Waals surface area contributed by atoms with Gasteiger partial charge in [0.15, 0.2) is 0 Å². The highest BCUT2D eigenvalue weighted by Gasteiger charge is 2.31. The number of nitrogens with zero attached hydrogens (tertiary/aromatic N) is 1. The summed E-state index contributed by atoms with van der Waals surface area (Å²) >= 11 is 0. The highest BCUT2D eigenvalue weighted by atomic mass is 32.2. The van der Waals surface area contributed by atoms with Gasteiger partial charge in [-0.15, -0.1) is 0 Å². The first-order valence-electron chi connectivity index (χ1n) is 10.9. The first-order chi connectivity index (χ1) is 15.3. The number of nitrogens with one attached hydrogen (secondary N) is 1. The third-order valence-electron chi connectivity index (χ3n) is 5.64. The van der Waals surface area contributed by atoms with Gasteiger partial charge < -0.3 is 14.8 Å². The zero-order chi connectivity index (χ0) is 23.1. The lowest BCUT2D eigenvalue weighted by Gasteiger charge is -2.31. The van der Waals surface area contributed by atoms with Crippen LogP contribution in [0.5, 0.6) is 11.5 Å². The lowest BCUT2D eigenvalue weighted by atomic mass is 9.97. The van der Waals surface area contributed by atoms with Crippen LogP contribution in [-0.2, 0) is 20.6 Å². The maximum atomic E-state index is 12.8. The van der Waals surface area contributed by atoms with Crippen LogP contribution in [0.3, 0.4) is 0 Å². The lowest BCUT2D eigenvalue weighted by molar-refractivity contribution is -0.126.